The first-order valence-electron chi connectivity index (χ1n) is 6.34. The quantitative estimate of drug-likeness (QED) is 0.793. The van der Waals surface area contributed by atoms with Gasteiger partial charge < -0.3 is 5.32 Å². The van der Waals surface area contributed by atoms with Crippen molar-refractivity contribution in [1.29, 1.82) is 0 Å². The van der Waals surface area contributed by atoms with Gasteiger partial charge in [-0.15, -0.1) is 0 Å². The lowest BCUT2D eigenvalue weighted by Gasteiger charge is -2.27. The van der Waals surface area contributed by atoms with Gasteiger partial charge in [-0.2, -0.15) is 0 Å². The molecule has 1 aromatic carbocycles. The van der Waals surface area contributed by atoms with E-state index in [4.69, 9.17) is 11.6 Å². The maximum atomic E-state index is 6.07. The van der Waals surface area contributed by atoms with Crippen molar-refractivity contribution in [3.63, 3.8) is 0 Å². The molecule has 94 valence electrons. The van der Waals surface area contributed by atoms with Gasteiger partial charge in [0.15, 0.2) is 0 Å². The first kappa shape index (κ1) is 13.2. The molecule has 0 radical (unpaired) electrons. The number of anilines is 1. The van der Waals surface area contributed by atoms with Crippen molar-refractivity contribution in [3.8, 4) is 0 Å². The summed E-state index contributed by atoms with van der Waals surface area (Å²) in [7, 11) is 0. The summed E-state index contributed by atoms with van der Waals surface area (Å²) in [6, 6.07) is 5.96. The molecule has 0 spiro atoms. The molecule has 1 aliphatic rings. The van der Waals surface area contributed by atoms with E-state index in [0.717, 1.165) is 33.6 Å². The largest absolute Gasteiger partial charge is 0.384 e. The van der Waals surface area contributed by atoms with Crippen LogP contribution in [0, 0.1) is 11.8 Å². The molecule has 3 heteroatoms. The second kappa shape index (κ2) is 6.10. The van der Waals surface area contributed by atoms with Gasteiger partial charge in [-0.25, -0.2) is 0 Å². The molecule has 0 bridgehead atoms. The van der Waals surface area contributed by atoms with Crippen molar-refractivity contribution in [2.24, 2.45) is 11.8 Å². The van der Waals surface area contributed by atoms with Gasteiger partial charge in [0.2, 0.25) is 0 Å². The predicted octanol–water partition coefficient (Wildman–Crippen LogP) is 5.34. The van der Waals surface area contributed by atoms with Crippen molar-refractivity contribution in [2.75, 3.05) is 11.9 Å². The molecule has 0 amide bonds. The summed E-state index contributed by atoms with van der Waals surface area (Å²) in [6.07, 6.45) is 5.49. The zero-order chi connectivity index (χ0) is 12.3. The Morgan fingerprint density at radius 1 is 1.41 bits per heavy atom. The van der Waals surface area contributed by atoms with Crippen LogP contribution in [0.5, 0.6) is 0 Å². The van der Waals surface area contributed by atoms with E-state index in [1.807, 2.05) is 12.1 Å². The van der Waals surface area contributed by atoms with Crippen molar-refractivity contribution in [1.82, 2.24) is 0 Å². The van der Waals surface area contributed by atoms with E-state index in [-0.39, 0.29) is 0 Å². The third-order valence-corrected chi connectivity index (χ3v) is 4.98. The zero-order valence-electron chi connectivity index (χ0n) is 10.2. The minimum atomic E-state index is 0.770. The smallest absolute Gasteiger partial charge is 0.0593 e. The normalized spacial score (nSPS) is 24.6. The molecule has 2 rings (SSSR count). The topological polar surface area (TPSA) is 12.0 Å². The van der Waals surface area contributed by atoms with Crippen LogP contribution in [0.15, 0.2) is 22.7 Å². The number of benzene rings is 1. The molecular weight excluding hydrogens is 298 g/mol. The number of halogens is 2. The molecule has 1 aliphatic carbocycles. The van der Waals surface area contributed by atoms with Gasteiger partial charge in [-0.3, -0.25) is 0 Å². The van der Waals surface area contributed by atoms with Crippen LogP contribution in [0.25, 0.3) is 0 Å². The molecule has 17 heavy (non-hydrogen) atoms. The van der Waals surface area contributed by atoms with Crippen molar-refractivity contribution in [2.45, 2.75) is 32.6 Å². The fourth-order valence-corrected chi connectivity index (χ4v) is 3.22. The molecule has 0 aromatic heterocycles. The Bertz CT molecular complexity index is 380. The number of rotatable bonds is 3. The number of hydrogen-bond acceptors (Lipinski definition) is 1. The standard InChI is InChI=1S/C14H19BrClN/c1-10-4-2-5-11(8-10)9-17-13-7-3-6-12(16)14(13)15/h3,6-7,10-11,17H,2,4-5,8-9H2,1H3. The Labute approximate surface area is 117 Å². The highest BCUT2D eigenvalue weighted by molar-refractivity contribution is 9.10. The Kier molecular flexibility index (Phi) is 4.75. The van der Waals surface area contributed by atoms with Crippen LogP contribution in [0.3, 0.4) is 0 Å². The highest BCUT2D eigenvalue weighted by atomic mass is 79.9. The lowest BCUT2D eigenvalue weighted by molar-refractivity contribution is 0.293. The summed E-state index contributed by atoms with van der Waals surface area (Å²) in [5, 5.41) is 4.28. The summed E-state index contributed by atoms with van der Waals surface area (Å²) in [6.45, 7) is 3.42. The predicted molar refractivity (Wildman–Crippen MR) is 78.8 cm³/mol. The minimum Gasteiger partial charge on any atom is -0.384 e. The average Bonchev–Trinajstić information content (AvgIpc) is 2.31. The van der Waals surface area contributed by atoms with Crippen LogP contribution in [0.1, 0.15) is 32.6 Å². The van der Waals surface area contributed by atoms with E-state index in [1.165, 1.54) is 25.7 Å². The Morgan fingerprint density at radius 3 is 3.00 bits per heavy atom. The number of hydrogen-bond donors (Lipinski definition) is 1. The molecule has 2 atom stereocenters. The molecule has 1 nitrogen and oxygen atoms in total. The summed E-state index contributed by atoms with van der Waals surface area (Å²) < 4.78 is 0.977. The van der Waals surface area contributed by atoms with Gasteiger partial charge in [0, 0.05) is 12.2 Å². The van der Waals surface area contributed by atoms with Gasteiger partial charge >= 0.3 is 0 Å². The van der Waals surface area contributed by atoms with Gasteiger partial charge in [0.25, 0.3) is 0 Å². The van der Waals surface area contributed by atoms with Gasteiger partial charge in [-0.1, -0.05) is 37.4 Å². The maximum Gasteiger partial charge on any atom is 0.0593 e. The molecule has 1 saturated carbocycles. The third kappa shape index (κ3) is 3.62. The second-order valence-corrected chi connectivity index (χ2v) is 6.32. The van der Waals surface area contributed by atoms with E-state index in [1.54, 1.807) is 0 Å². The molecule has 1 fully saturated rings. The summed E-state index contributed by atoms with van der Waals surface area (Å²) in [5.74, 6) is 1.70. The van der Waals surface area contributed by atoms with Crippen LogP contribution in [-0.4, -0.2) is 6.54 Å². The van der Waals surface area contributed by atoms with E-state index >= 15 is 0 Å². The Balaban J connectivity index is 1.91. The monoisotopic (exact) mass is 315 g/mol. The van der Waals surface area contributed by atoms with E-state index in [9.17, 15) is 0 Å². The molecular formula is C14H19BrClN. The van der Waals surface area contributed by atoms with Gasteiger partial charge in [0.05, 0.1) is 9.50 Å². The number of nitrogens with one attached hydrogen (secondary N) is 1. The summed E-state index contributed by atoms with van der Waals surface area (Å²) in [5.41, 5.74) is 1.11. The van der Waals surface area contributed by atoms with Gasteiger partial charge in [-0.05, 0) is 52.7 Å². The highest BCUT2D eigenvalue weighted by Gasteiger charge is 2.18. The lowest BCUT2D eigenvalue weighted by Crippen LogP contribution is -2.21. The van der Waals surface area contributed by atoms with Crippen LogP contribution in [0.4, 0.5) is 5.69 Å². The van der Waals surface area contributed by atoms with Crippen molar-refractivity contribution >= 4 is 33.2 Å². The first-order chi connectivity index (χ1) is 8.16. The lowest BCUT2D eigenvalue weighted by atomic mass is 9.82. The van der Waals surface area contributed by atoms with Crippen LogP contribution in [0.2, 0.25) is 5.02 Å². The molecule has 0 heterocycles. The maximum absolute atomic E-state index is 6.07. The van der Waals surface area contributed by atoms with Crippen LogP contribution in [-0.2, 0) is 0 Å². The summed E-state index contributed by atoms with van der Waals surface area (Å²) in [4.78, 5) is 0. The average molecular weight is 317 g/mol. The molecule has 0 saturated heterocycles. The van der Waals surface area contributed by atoms with Gasteiger partial charge in [0.1, 0.15) is 0 Å². The molecule has 1 N–H and O–H groups in total. The Morgan fingerprint density at radius 2 is 2.24 bits per heavy atom. The Hall–Kier alpha value is -0.210. The fraction of sp³-hybridized carbons (Fsp3) is 0.571. The molecule has 2 unspecified atom stereocenters. The molecule has 1 aromatic rings. The third-order valence-electron chi connectivity index (χ3n) is 3.58. The summed E-state index contributed by atoms with van der Waals surface area (Å²) >= 11 is 9.59. The first-order valence-corrected chi connectivity index (χ1v) is 7.52. The zero-order valence-corrected chi connectivity index (χ0v) is 12.5. The minimum absolute atomic E-state index is 0.770. The van der Waals surface area contributed by atoms with E-state index < -0.39 is 0 Å². The fourth-order valence-electron chi connectivity index (χ4n) is 2.64. The van der Waals surface area contributed by atoms with Crippen molar-refractivity contribution in [3.05, 3.63) is 27.7 Å². The molecule has 0 aliphatic heterocycles. The SMILES string of the molecule is CC1CCCC(CNc2cccc(Cl)c2Br)C1. The second-order valence-electron chi connectivity index (χ2n) is 5.12. The van der Waals surface area contributed by atoms with E-state index in [2.05, 4.69) is 34.2 Å². The van der Waals surface area contributed by atoms with Crippen LogP contribution >= 0.6 is 27.5 Å². The highest BCUT2D eigenvalue weighted by Crippen LogP contribution is 2.32. The van der Waals surface area contributed by atoms with Crippen molar-refractivity contribution < 1.29 is 0 Å². The van der Waals surface area contributed by atoms with Crippen LogP contribution < -0.4 is 5.32 Å². The van der Waals surface area contributed by atoms with E-state index in [0.29, 0.717) is 0 Å².